The van der Waals surface area contributed by atoms with Crippen molar-refractivity contribution in [2.24, 2.45) is 0 Å². The topological polar surface area (TPSA) is 20.2 Å². The molecule has 15 heavy (non-hydrogen) atoms. The predicted molar refractivity (Wildman–Crippen MR) is 57.5 cm³/mol. The van der Waals surface area contributed by atoms with Gasteiger partial charge in [0.1, 0.15) is 11.6 Å². The van der Waals surface area contributed by atoms with Crippen molar-refractivity contribution in [1.29, 1.82) is 0 Å². The number of aliphatic hydroxyl groups excluding tert-OH is 1. The van der Waals surface area contributed by atoms with Crippen molar-refractivity contribution < 1.29 is 13.9 Å². The second kappa shape index (κ2) is 8.36. The molecule has 0 aliphatic heterocycles. The smallest absolute Gasteiger partial charge is 0.126 e. The van der Waals surface area contributed by atoms with Gasteiger partial charge in [-0.3, -0.25) is 0 Å². The lowest BCUT2D eigenvalue weighted by Crippen LogP contribution is -1.86. The van der Waals surface area contributed by atoms with Gasteiger partial charge in [0.05, 0.1) is 6.61 Å². The first kappa shape index (κ1) is 14.0. The Morgan fingerprint density at radius 2 is 1.47 bits per heavy atom. The van der Waals surface area contributed by atoms with Crippen LogP contribution in [-0.2, 0) is 6.61 Å². The zero-order valence-corrected chi connectivity index (χ0v) is 9.26. The minimum atomic E-state index is -0.663. The number of rotatable bonds is 3. The molecule has 0 heterocycles. The van der Waals surface area contributed by atoms with Crippen molar-refractivity contribution in [3.05, 3.63) is 35.4 Å². The van der Waals surface area contributed by atoms with Crippen LogP contribution in [0.3, 0.4) is 0 Å². The minimum Gasteiger partial charge on any atom is -0.392 e. The number of hydrogen-bond donors (Lipinski definition) is 1. The normalized spacial score (nSPS) is 9.40. The van der Waals surface area contributed by atoms with E-state index in [0.29, 0.717) is 0 Å². The van der Waals surface area contributed by atoms with E-state index < -0.39 is 11.6 Å². The lowest BCUT2D eigenvalue weighted by molar-refractivity contribution is 0.280. The van der Waals surface area contributed by atoms with Crippen LogP contribution in [0.4, 0.5) is 8.78 Å². The van der Waals surface area contributed by atoms with E-state index in [1.807, 2.05) is 0 Å². The number of unbranched alkanes of at least 4 members (excludes halogenated alkanes) is 2. The van der Waals surface area contributed by atoms with Gasteiger partial charge >= 0.3 is 0 Å². The van der Waals surface area contributed by atoms with Gasteiger partial charge in [-0.2, -0.15) is 0 Å². The molecule has 1 aromatic carbocycles. The molecule has 0 unspecified atom stereocenters. The van der Waals surface area contributed by atoms with Gasteiger partial charge in [0.15, 0.2) is 0 Å². The lowest BCUT2D eigenvalue weighted by atomic mass is 10.2. The van der Waals surface area contributed by atoms with Gasteiger partial charge in [-0.25, -0.2) is 8.78 Å². The molecule has 0 fully saturated rings. The highest BCUT2D eigenvalue weighted by molar-refractivity contribution is 5.16. The summed E-state index contributed by atoms with van der Waals surface area (Å²) in [5, 5.41) is 8.45. The Kier molecular flexibility index (Phi) is 7.82. The Morgan fingerprint density at radius 1 is 1.00 bits per heavy atom. The molecule has 3 heteroatoms. The summed E-state index contributed by atoms with van der Waals surface area (Å²) in [5.74, 6) is -1.33. The van der Waals surface area contributed by atoms with Gasteiger partial charge in [0, 0.05) is 6.07 Å². The molecule has 1 rings (SSSR count). The van der Waals surface area contributed by atoms with Crippen LogP contribution in [0, 0.1) is 11.6 Å². The fourth-order valence-corrected chi connectivity index (χ4v) is 1.06. The molecule has 1 nitrogen and oxygen atoms in total. The Hall–Kier alpha value is -0.960. The van der Waals surface area contributed by atoms with Crippen LogP contribution >= 0.6 is 0 Å². The Bertz CT molecular complexity index is 252. The van der Waals surface area contributed by atoms with E-state index in [4.69, 9.17) is 5.11 Å². The van der Waals surface area contributed by atoms with Crippen molar-refractivity contribution in [1.82, 2.24) is 0 Å². The van der Waals surface area contributed by atoms with Gasteiger partial charge in [-0.15, -0.1) is 0 Å². The first-order valence-electron chi connectivity index (χ1n) is 5.19. The van der Waals surface area contributed by atoms with E-state index in [1.54, 1.807) is 0 Å². The molecule has 0 radical (unpaired) electrons. The molecular weight excluding hydrogens is 198 g/mol. The number of benzene rings is 1. The lowest BCUT2D eigenvalue weighted by Gasteiger charge is -1.95. The Balaban J connectivity index is 0.000000336. The molecule has 0 aromatic heterocycles. The van der Waals surface area contributed by atoms with Crippen molar-refractivity contribution in [3.63, 3.8) is 0 Å². The highest BCUT2D eigenvalue weighted by atomic mass is 19.1. The molecule has 0 saturated heterocycles. The van der Waals surface area contributed by atoms with E-state index in [-0.39, 0.29) is 12.2 Å². The third kappa shape index (κ3) is 7.03. The van der Waals surface area contributed by atoms with E-state index in [2.05, 4.69) is 13.8 Å². The average molecular weight is 216 g/mol. The summed E-state index contributed by atoms with van der Waals surface area (Å²) in [6, 6.07) is 2.94. The average Bonchev–Trinajstić information content (AvgIpc) is 2.18. The number of halogens is 2. The second-order valence-corrected chi connectivity index (χ2v) is 3.29. The number of aliphatic hydroxyl groups is 1. The van der Waals surface area contributed by atoms with Gasteiger partial charge < -0.3 is 5.11 Å². The van der Waals surface area contributed by atoms with Crippen molar-refractivity contribution in [2.45, 2.75) is 39.7 Å². The van der Waals surface area contributed by atoms with Crippen LogP contribution in [0.25, 0.3) is 0 Å². The first-order chi connectivity index (χ1) is 7.13. The molecule has 0 saturated carbocycles. The Labute approximate surface area is 89.8 Å². The van der Waals surface area contributed by atoms with E-state index in [9.17, 15) is 8.78 Å². The van der Waals surface area contributed by atoms with Crippen molar-refractivity contribution in [3.8, 4) is 0 Å². The maximum absolute atomic E-state index is 12.3. The fourth-order valence-electron chi connectivity index (χ4n) is 1.06. The Morgan fingerprint density at radius 3 is 1.73 bits per heavy atom. The zero-order valence-electron chi connectivity index (χ0n) is 9.26. The first-order valence-corrected chi connectivity index (χ1v) is 5.19. The minimum absolute atomic E-state index is 0.248. The maximum atomic E-state index is 12.3. The maximum Gasteiger partial charge on any atom is 0.126 e. The third-order valence-corrected chi connectivity index (χ3v) is 1.81. The number of hydrogen-bond acceptors (Lipinski definition) is 1. The molecule has 1 aromatic rings. The molecule has 0 spiro atoms. The molecular formula is C12H18F2O. The van der Waals surface area contributed by atoms with Crippen LogP contribution in [-0.4, -0.2) is 5.11 Å². The van der Waals surface area contributed by atoms with E-state index >= 15 is 0 Å². The van der Waals surface area contributed by atoms with Gasteiger partial charge in [0.25, 0.3) is 0 Å². The summed E-state index contributed by atoms with van der Waals surface area (Å²) in [6.07, 6.45) is 4.08. The van der Waals surface area contributed by atoms with Gasteiger partial charge in [-0.1, -0.05) is 33.1 Å². The SMILES string of the molecule is CCCCC.OCc1cc(F)cc(F)c1. The van der Waals surface area contributed by atoms with Gasteiger partial charge in [0.2, 0.25) is 0 Å². The summed E-state index contributed by atoms with van der Waals surface area (Å²) in [6.45, 7) is 4.08. The molecule has 0 aliphatic rings. The van der Waals surface area contributed by atoms with Crippen LogP contribution in [0.5, 0.6) is 0 Å². The zero-order chi connectivity index (χ0) is 11.7. The summed E-state index contributed by atoms with van der Waals surface area (Å²) in [7, 11) is 0. The van der Waals surface area contributed by atoms with Crippen LogP contribution in [0.1, 0.15) is 38.7 Å². The van der Waals surface area contributed by atoms with E-state index in [1.165, 1.54) is 19.3 Å². The second-order valence-electron chi connectivity index (χ2n) is 3.29. The van der Waals surface area contributed by atoms with Crippen LogP contribution in [0.15, 0.2) is 18.2 Å². The van der Waals surface area contributed by atoms with Crippen molar-refractivity contribution >= 4 is 0 Å². The van der Waals surface area contributed by atoms with Crippen LogP contribution < -0.4 is 0 Å². The standard InChI is InChI=1S/C7H6F2O.C5H12/c8-6-1-5(4-10)2-7(9)3-6;1-3-5-4-2/h1-3,10H,4H2;3-5H2,1-2H3. The van der Waals surface area contributed by atoms with Crippen molar-refractivity contribution in [2.75, 3.05) is 0 Å². The fraction of sp³-hybridized carbons (Fsp3) is 0.500. The summed E-state index contributed by atoms with van der Waals surface area (Å²) in [4.78, 5) is 0. The molecule has 1 N–H and O–H groups in total. The van der Waals surface area contributed by atoms with E-state index in [0.717, 1.165) is 18.2 Å². The largest absolute Gasteiger partial charge is 0.392 e. The third-order valence-electron chi connectivity index (χ3n) is 1.81. The van der Waals surface area contributed by atoms with Crippen LogP contribution in [0.2, 0.25) is 0 Å². The van der Waals surface area contributed by atoms with Gasteiger partial charge in [-0.05, 0) is 17.7 Å². The highest BCUT2D eigenvalue weighted by Gasteiger charge is 1.97. The molecule has 0 amide bonds. The molecule has 86 valence electrons. The molecule has 0 atom stereocenters. The highest BCUT2D eigenvalue weighted by Crippen LogP contribution is 2.06. The molecule has 0 bridgehead atoms. The monoisotopic (exact) mass is 216 g/mol. The quantitative estimate of drug-likeness (QED) is 0.817. The molecule has 0 aliphatic carbocycles. The summed E-state index contributed by atoms with van der Waals surface area (Å²) < 4.78 is 24.5. The predicted octanol–water partition coefficient (Wildman–Crippen LogP) is 3.65. The summed E-state index contributed by atoms with van der Waals surface area (Å²) >= 11 is 0. The summed E-state index contributed by atoms with van der Waals surface area (Å²) in [5.41, 5.74) is 0.248.